The van der Waals surface area contributed by atoms with Crippen molar-refractivity contribution in [3.05, 3.63) is 29.8 Å². The Labute approximate surface area is 128 Å². The molecule has 1 atom stereocenters. The molecular weight excluding hydrogens is 290 g/mol. The predicted octanol–water partition coefficient (Wildman–Crippen LogP) is 1.44. The molecule has 2 rings (SSSR count). The molecule has 1 aliphatic heterocycles. The number of ether oxygens (including phenoxy) is 1. The van der Waals surface area contributed by atoms with E-state index in [1.807, 2.05) is 6.92 Å². The Morgan fingerprint density at radius 1 is 1.48 bits per heavy atom. The highest BCUT2D eigenvalue weighted by Gasteiger charge is 2.32. The maximum Gasteiger partial charge on any atom is 0.414 e. The summed E-state index contributed by atoms with van der Waals surface area (Å²) in [6.07, 6.45) is -0.270. The first-order chi connectivity index (χ1) is 10.0. The van der Waals surface area contributed by atoms with Gasteiger partial charge in [0.05, 0.1) is 13.1 Å². The number of carbonyl (C=O) groups is 2. The molecular formula is C14H17N3O3S. The van der Waals surface area contributed by atoms with E-state index in [4.69, 9.17) is 22.7 Å². The Balaban J connectivity index is 2.03. The van der Waals surface area contributed by atoms with Crippen molar-refractivity contribution in [2.75, 3.05) is 18.0 Å². The van der Waals surface area contributed by atoms with Gasteiger partial charge in [-0.1, -0.05) is 6.92 Å². The van der Waals surface area contributed by atoms with Crippen LogP contribution in [0, 0.1) is 0 Å². The van der Waals surface area contributed by atoms with Crippen LogP contribution in [-0.2, 0) is 4.74 Å². The van der Waals surface area contributed by atoms with Gasteiger partial charge in [0, 0.05) is 17.7 Å². The van der Waals surface area contributed by atoms with E-state index in [2.05, 4.69) is 5.32 Å². The number of nitrogens with one attached hydrogen (secondary N) is 1. The van der Waals surface area contributed by atoms with Crippen LogP contribution in [0.1, 0.15) is 23.7 Å². The lowest BCUT2D eigenvalue weighted by molar-refractivity contribution is 0.0988. The second-order valence-corrected chi connectivity index (χ2v) is 5.12. The van der Waals surface area contributed by atoms with Crippen LogP contribution in [0.25, 0.3) is 0 Å². The highest BCUT2D eigenvalue weighted by molar-refractivity contribution is 7.80. The number of benzene rings is 1. The van der Waals surface area contributed by atoms with Crippen LogP contribution >= 0.6 is 12.2 Å². The van der Waals surface area contributed by atoms with Crippen molar-refractivity contribution in [3.63, 3.8) is 0 Å². The van der Waals surface area contributed by atoms with Gasteiger partial charge in [0.2, 0.25) is 0 Å². The minimum absolute atomic E-state index is 0.0732. The van der Waals surface area contributed by atoms with E-state index in [0.717, 1.165) is 0 Å². The normalized spacial score (nSPS) is 17.5. The lowest BCUT2D eigenvalue weighted by Crippen LogP contribution is -2.37. The van der Waals surface area contributed by atoms with Crippen LogP contribution < -0.4 is 16.0 Å². The summed E-state index contributed by atoms with van der Waals surface area (Å²) < 4.78 is 5.22. The van der Waals surface area contributed by atoms with Gasteiger partial charge in [-0.15, -0.1) is 0 Å². The molecule has 0 aromatic heterocycles. The summed E-state index contributed by atoms with van der Waals surface area (Å²) in [6, 6.07) is 6.92. The number of anilines is 1. The van der Waals surface area contributed by atoms with Crippen LogP contribution in [0.2, 0.25) is 0 Å². The smallest absolute Gasteiger partial charge is 0.414 e. The maximum atomic E-state index is 11.8. The quantitative estimate of drug-likeness (QED) is 0.632. The van der Waals surface area contributed by atoms with Crippen LogP contribution in [0.5, 0.6) is 0 Å². The SMILES string of the molecule is CCC(=O)c1ccc(N2C[C@H](CNC(N)=S)OC2=O)cc1. The molecule has 1 saturated heterocycles. The Morgan fingerprint density at radius 3 is 2.71 bits per heavy atom. The van der Waals surface area contributed by atoms with Gasteiger partial charge >= 0.3 is 6.09 Å². The second-order valence-electron chi connectivity index (χ2n) is 4.69. The summed E-state index contributed by atoms with van der Waals surface area (Å²) >= 11 is 4.71. The molecule has 0 radical (unpaired) electrons. The van der Waals surface area contributed by atoms with Gasteiger partial charge in [0.1, 0.15) is 6.10 Å². The minimum Gasteiger partial charge on any atom is -0.442 e. The van der Waals surface area contributed by atoms with E-state index in [9.17, 15) is 9.59 Å². The number of amides is 1. The average Bonchev–Trinajstić information content (AvgIpc) is 2.85. The molecule has 6 nitrogen and oxygen atoms in total. The van der Waals surface area contributed by atoms with Crippen molar-refractivity contribution >= 4 is 34.9 Å². The molecule has 7 heteroatoms. The number of nitrogens with zero attached hydrogens (tertiary/aromatic N) is 1. The number of hydrogen-bond donors (Lipinski definition) is 2. The first-order valence-electron chi connectivity index (χ1n) is 6.66. The highest BCUT2D eigenvalue weighted by Crippen LogP contribution is 2.22. The molecule has 0 saturated carbocycles. The van der Waals surface area contributed by atoms with Crippen LogP contribution in [0.3, 0.4) is 0 Å². The lowest BCUT2D eigenvalue weighted by Gasteiger charge is -2.13. The number of Topliss-reactive ketones (excluding diaryl/α,β-unsaturated/α-hetero) is 1. The minimum atomic E-state index is -0.417. The molecule has 3 N–H and O–H groups in total. The van der Waals surface area contributed by atoms with Crippen molar-refractivity contribution in [1.29, 1.82) is 0 Å². The second kappa shape index (κ2) is 6.53. The van der Waals surface area contributed by atoms with Crippen molar-refractivity contribution in [2.24, 2.45) is 5.73 Å². The molecule has 0 bridgehead atoms. The fourth-order valence-electron chi connectivity index (χ4n) is 2.08. The number of cyclic esters (lactones) is 1. The van der Waals surface area contributed by atoms with Crippen molar-refractivity contribution in [1.82, 2.24) is 5.32 Å². The van der Waals surface area contributed by atoms with Gasteiger partial charge in [0.25, 0.3) is 0 Å². The summed E-state index contributed by atoms with van der Waals surface area (Å²) in [5, 5.41) is 2.95. The summed E-state index contributed by atoms with van der Waals surface area (Å²) in [7, 11) is 0. The molecule has 21 heavy (non-hydrogen) atoms. The number of thiocarbonyl (C=S) groups is 1. The van der Waals surface area contributed by atoms with Gasteiger partial charge in [-0.25, -0.2) is 4.79 Å². The molecule has 1 fully saturated rings. The van der Waals surface area contributed by atoms with E-state index >= 15 is 0 Å². The molecule has 1 aromatic rings. The highest BCUT2D eigenvalue weighted by atomic mass is 32.1. The van der Waals surface area contributed by atoms with E-state index in [-0.39, 0.29) is 17.0 Å². The van der Waals surface area contributed by atoms with Crippen molar-refractivity contribution in [2.45, 2.75) is 19.4 Å². The molecule has 0 spiro atoms. The average molecular weight is 307 g/mol. The monoisotopic (exact) mass is 307 g/mol. The third kappa shape index (κ3) is 3.69. The number of nitrogens with two attached hydrogens (primary N) is 1. The maximum absolute atomic E-state index is 11.8. The first kappa shape index (κ1) is 15.2. The summed E-state index contributed by atoms with van der Waals surface area (Å²) in [4.78, 5) is 24.9. The predicted molar refractivity (Wildman–Crippen MR) is 83.5 cm³/mol. The van der Waals surface area contributed by atoms with Crippen LogP contribution in [-0.4, -0.2) is 36.2 Å². The topological polar surface area (TPSA) is 84.7 Å². The van der Waals surface area contributed by atoms with Crippen LogP contribution in [0.4, 0.5) is 10.5 Å². The molecule has 1 heterocycles. The van der Waals surface area contributed by atoms with Gasteiger partial charge in [-0.3, -0.25) is 9.69 Å². The molecule has 1 amide bonds. The van der Waals surface area contributed by atoms with Gasteiger partial charge in [0.15, 0.2) is 10.9 Å². The Morgan fingerprint density at radius 2 is 2.14 bits per heavy atom. The van der Waals surface area contributed by atoms with E-state index < -0.39 is 6.09 Å². The fraction of sp³-hybridized carbons (Fsp3) is 0.357. The van der Waals surface area contributed by atoms with E-state index in [0.29, 0.717) is 30.8 Å². The first-order valence-corrected chi connectivity index (χ1v) is 7.06. The summed E-state index contributed by atoms with van der Waals surface area (Å²) in [6.45, 7) is 2.60. The van der Waals surface area contributed by atoms with Gasteiger partial charge in [-0.2, -0.15) is 0 Å². The van der Waals surface area contributed by atoms with E-state index in [1.54, 1.807) is 24.3 Å². The van der Waals surface area contributed by atoms with Crippen LogP contribution in [0.15, 0.2) is 24.3 Å². The molecule has 1 aliphatic rings. The van der Waals surface area contributed by atoms with Gasteiger partial charge in [-0.05, 0) is 36.5 Å². The van der Waals surface area contributed by atoms with Gasteiger partial charge < -0.3 is 15.8 Å². The number of ketones is 1. The molecule has 0 unspecified atom stereocenters. The lowest BCUT2D eigenvalue weighted by atomic mass is 10.1. The number of carbonyl (C=O) groups excluding carboxylic acids is 2. The van der Waals surface area contributed by atoms with Crippen molar-refractivity contribution < 1.29 is 14.3 Å². The molecule has 1 aromatic carbocycles. The van der Waals surface area contributed by atoms with Crippen molar-refractivity contribution in [3.8, 4) is 0 Å². The Kier molecular flexibility index (Phi) is 4.74. The number of rotatable bonds is 5. The zero-order chi connectivity index (χ0) is 15.4. The molecule has 112 valence electrons. The fourth-order valence-corrected chi connectivity index (χ4v) is 2.17. The summed E-state index contributed by atoms with van der Waals surface area (Å²) in [5.41, 5.74) is 6.68. The molecule has 0 aliphatic carbocycles. The zero-order valence-electron chi connectivity index (χ0n) is 11.7. The Bertz CT molecular complexity index is 559. The Hall–Kier alpha value is -2.15. The third-order valence-electron chi connectivity index (χ3n) is 3.20. The zero-order valence-corrected chi connectivity index (χ0v) is 12.5. The summed E-state index contributed by atoms with van der Waals surface area (Å²) in [5.74, 6) is 0.0732. The number of hydrogen-bond acceptors (Lipinski definition) is 4. The van der Waals surface area contributed by atoms with E-state index in [1.165, 1.54) is 4.90 Å². The standard InChI is InChI=1S/C14H17N3O3S/c1-2-12(18)9-3-5-10(6-4-9)17-8-11(20-14(17)19)7-16-13(15)21/h3-6,11H,2,7-8H2,1H3,(H3,15,16,21)/t11-/m0/s1. The third-order valence-corrected chi connectivity index (χ3v) is 3.34. The largest absolute Gasteiger partial charge is 0.442 e.